The molecule has 0 aliphatic carbocycles. The zero-order chi connectivity index (χ0) is 8.72. The number of hydrogen-bond acceptors (Lipinski definition) is 5. The van der Waals surface area contributed by atoms with Gasteiger partial charge in [0.15, 0.2) is 0 Å². The molecule has 7 heteroatoms. The molecule has 0 radical (unpaired) electrons. The lowest BCUT2D eigenvalue weighted by atomic mass is 10.7. The van der Waals surface area contributed by atoms with Gasteiger partial charge in [-0.3, -0.25) is 0 Å². The molecule has 0 atom stereocenters. The molecule has 0 aliphatic rings. The molecule has 0 saturated carbocycles. The molecule has 2 N–H and O–H groups in total. The first kappa shape index (κ1) is 7.04. The van der Waals surface area contributed by atoms with Gasteiger partial charge in [0.05, 0.1) is 0 Å². The summed E-state index contributed by atoms with van der Waals surface area (Å²) < 4.78 is 1.36. The first-order valence-electron chi connectivity index (χ1n) is 3.05. The van der Waals surface area contributed by atoms with Crippen molar-refractivity contribution in [2.75, 3.05) is 5.73 Å². The van der Waals surface area contributed by atoms with E-state index in [-0.39, 0.29) is 11.6 Å². The molecule has 2 heterocycles. The molecule has 0 fully saturated rings. The van der Waals surface area contributed by atoms with E-state index in [9.17, 15) is 10.1 Å². The second kappa shape index (κ2) is 2.18. The number of nitrogen functional groups attached to an aromatic ring is 1. The number of hydrogen-bond donors (Lipinski definition) is 1. The normalized spacial score (nSPS) is 10.7. The largest absolute Gasteiger partial charge is 0.377 e. The highest BCUT2D eigenvalue weighted by Crippen LogP contribution is 2.24. The zero-order valence-corrected chi connectivity index (χ0v) is 6.61. The van der Waals surface area contributed by atoms with Crippen LogP contribution in [0.15, 0.2) is 11.6 Å². The number of aromatic nitrogens is 2. The van der Waals surface area contributed by atoms with E-state index in [1.54, 1.807) is 11.6 Å². The van der Waals surface area contributed by atoms with Crippen LogP contribution in [0.5, 0.6) is 0 Å². The summed E-state index contributed by atoms with van der Waals surface area (Å²) in [5.74, 6) is -0.196. The van der Waals surface area contributed by atoms with Crippen LogP contribution in [-0.4, -0.2) is 14.3 Å². The second-order valence-electron chi connectivity index (χ2n) is 2.13. The number of nitro groups is 1. The second-order valence-corrected chi connectivity index (χ2v) is 3.01. The summed E-state index contributed by atoms with van der Waals surface area (Å²) >= 11 is 1.31. The van der Waals surface area contributed by atoms with E-state index in [2.05, 4.69) is 4.98 Å². The Morgan fingerprint density at radius 3 is 3.17 bits per heavy atom. The van der Waals surface area contributed by atoms with Crippen molar-refractivity contribution in [3.8, 4) is 0 Å². The SMILES string of the molecule is Nc1nc2sccn2c1[N+](=O)[O-]. The van der Waals surface area contributed by atoms with Gasteiger partial charge in [-0.2, -0.15) is 9.38 Å². The van der Waals surface area contributed by atoms with Crippen molar-refractivity contribution in [3.05, 3.63) is 21.7 Å². The number of anilines is 1. The molecule has 2 rings (SSSR count). The topological polar surface area (TPSA) is 86.5 Å². The first-order valence-corrected chi connectivity index (χ1v) is 3.93. The smallest absolute Gasteiger partial charge is 0.372 e. The van der Waals surface area contributed by atoms with Crippen LogP contribution in [-0.2, 0) is 0 Å². The van der Waals surface area contributed by atoms with Crippen LogP contribution in [0.1, 0.15) is 0 Å². The number of rotatable bonds is 1. The van der Waals surface area contributed by atoms with E-state index in [1.807, 2.05) is 0 Å². The van der Waals surface area contributed by atoms with Gasteiger partial charge in [0.25, 0.3) is 4.96 Å². The monoisotopic (exact) mass is 184 g/mol. The number of nitrogens with zero attached hydrogens (tertiary/aromatic N) is 3. The summed E-state index contributed by atoms with van der Waals surface area (Å²) in [4.78, 5) is 14.3. The minimum atomic E-state index is -0.540. The van der Waals surface area contributed by atoms with Gasteiger partial charge in [0.2, 0.25) is 5.82 Å². The van der Waals surface area contributed by atoms with Gasteiger partial charge in [0, 0.05) is 5.38 Å². The predicted molar refractivity (Wildman–Crippen MR) is 44.1 cm³/mol. The van der Waals surface area contributed by atoms with Gasteiger partial charge in [-0.15, -0.1) is 0 Å². The Hall–Kier alpha value is -1.63. The highest BCUT2D eigenvalue weighted by Gasteiger charge is 2.20. The van der Waals surface area contributed by atoms with Crippen molar-refractivity contribution in [1.29, 1.82) is 0 Å². The van der Waals surface area contributed by atoms with Gasteiger partial charge in [0.1, 0.15) is 6.20 Å². The summed E-state index contributed by atoms with van der Waals surface area (Å²) in [6.45, 7) is 0. The van der Waals surface area contributed by atoms with Crippen molar-refractivity contribution in [3.63, 3.8) is 0 Å². The van der Waals surface area contributed by atoms with Crippen molar-refractivity contribution in [1.82, 2.24) is 9.38 Å². The Kier molecular flexibility index (Phi) is 1.28. The maximum absolute atomic E-state index is 10.5. The molecular weight excluding hydrogens is 180 g/mol. The standard InChI is InChI=1S/C5H4N4O2S/c6-3-4(9(10)11)8-1-2-12-5(8)7-3/h1-2H,6H2. The van der Waals surface area contributed by atoms with Gasteiger partial charge in [-0.05, 0) is 4.92 Å². The van der Waals surface area contributed by atoms with Crippen molar-refractivity contribution < 1.29 is 4.92 Å². The quantitative estimate of drug-likeness (QED) is 0.526. The maximum Gasteiger partial charge on any atom is 0.372 e. The van der Waals surface area contributed by atoms with Crippen LogP contribution in [0.4, 0.5) is 11.6 Å². The van der Waals surface area contributed by atoms with Crippen molar-refractivity contribution in [2.24, 2.45) is 0 Å². The van der Waals surface area contributed by atoms with E-state index < -0.39 is 4.92 Å². The third-order valence-electron chi connectivity index (χ3n) is 1.44. The Morgan fingerprint density at radius 2 is 2.50 bits per heavy atom. The number of thiazole rings is 1. The number of nitrogens with two attached hydrogens (primary N) is 1. The highest BCUT2D eigenvalue weighted by molar-refractivity contribution is 7.15. The van der Waals surface area contributed by atoms with Crippen LogP contribution in [0.2, 0.25) is 0 Å². The molecule has 0 aliphatic heterocycles. The lowest BCUT2D eigenvalue weighted by Crippen LogP contribution is -1.96. The molecular formula is C5H4N4O2S. The van der Waals surface area contributed by atoms with E-state index in [4.69, 9.17) is 5.73 Å². The fourth-order valence-electron chi connectivity index (χ4n) is 0.972. The van der Waals surface area contributed by atoms with E-state index in [0.717, 1.165) is 0 Å². The molecule has 0 unspecified atom stereocenters. The summed E-state index contributed by atoms with van der Waals surface area (Å²) in [7, 11) is 0. The van der Waals surface area contributed by atoms with E-state index in [1.165, 1.54) is 15.7 Å². The van der Waals surface area contributed by atoms with Crippen LogP contribution in [0, 0.1) is 10.1 Å². The van der Waals surface area contributed by atoms with Gasteiger partial charge < -0.3 is 15.8 Å². The average Bonchev–Trinajstić information content (AvgIpc) is 2.44. The lowest BCUT2D eigenvalue weighted by Gasteiger charge is -1.90. The Bertz CT molecular complexity index is 445. The minimum Gasteiger partial charge on any atom is -0.377 e. The number of fused-ring (bicyclic) bond motifs is 1. The Morgan fingerprint density at radius 1 is 1.75 bits per heavy atom. The van der Waals surface area contributed by atoms with Crippen molar-refractivity contribution >= 4 is 27.9 Å². The number of imidazole rings is 1. The first-order chi connectivity index (χ1) is 5.70. The van der Waals surface area contributed by atoms with Crippen LogP contribution >= 0.6 is 11.3 Å². The van der Waals surface area contributed by atoms with E-state index >= 15 is 0 Å². The average molecular weight is 184 g/mol. The molecule has 2 aromatic rings. The summed E-state index contributed by atoms with van der Waals surface area (Å²) in [6, 6.07) is 0. The van der Waals surface area contributed by atoms with Crippen LogP contribution in [0.25, 0.3) is 4.96 Å². The maximum atomic E-state index is 10.5. The summed E-state index contributed by atoms with van der Waals surface area (Å²) in [5.41, 5.74) is 5.33. The van der Waals surface area contributed by atoms with Crippen molar-refractivity contribution in [2.45, 2.75) is 0 Å². The fourth-order valence-corrected chi connectivity index (χ4v) is 1.69. The van der Waals surface area contributed by atoms with Gasteiger partial charge >= 0.3 is 5.82 Å². The van der Waals surface area contributed by atoms with Crippen LogP contribution in [0.3, 0.4) is 0 Å². The van der Waals surface area contributed by atoms with Gasteiger partial charge in [-0.1, -0.05) is 11.3 Å². The molecule has 12 heavy (non-hydrogen) atoms. The molecule has 0 aromatic carbocycles. The third kappa shape index (κ3) is 0.766. The molecule has 6 nitrogen and oxygen atoms in total. The van der Waals surface area contributed by atoms with Gasteiger partial charge in [-0.25, -0.2) is 0 Å². The lowest BCUT2D eigenvalue weighted by molar-refractivity contribution is -0.389. The molecule has 2 aromatic heterocycles. The molecule has 62 valence electrons. The highest BCUT2D eigenvalue weighted by atomic mass is 32.1. The summed E-state index contributed by atoms with van der Waals surface area (Å²) in [5, 5.41) is 12.2. The zero-order valence-electron chi connectivity index (χ0n) is 5.80. The Labute approximate surface area is 70.4 Å². The Balaban J connectivity index is 2.84. The van der Waals surface area contributed by atoms with E-state index in [0.29, 0.717) is 4.96 Å². The molecule has 0 saturated heterocycles. The minimum absolute atomic E-state index is 0.0353. The summed E-state index contributed by atoms with van der Waals surface area (Å²) in [6.07, 6.45) is 1.57. The molecule has 0 amide bonds. The van der Waals surface area contributed by atoms with Crippen LogP contribution < -0.4 is 5.73 Å². The third-order valence-corrected chi connectivity index (χ3v) is 2.19. The fraction of sp³-hybridized carbons (Fsp3) is 0. The molecule has 0 spiro atoms. The molecule has 0 bridgehead atoms. The predicted octanol–water partition coefficient (Wildman–Crippen LogP) is 0.886.